The molecule has 7 nitrogen and oxygen atoms in total. The van der Waals surface area contributed by atoms with Gasteiger partial charge in [-0.1, -0.05) is 12.1 Å². The number of hydrogen-bond acceptors (Lipinski definition) is 6. The number of phenolic OH excluding ortho intramolecular Hbond substituents is 1. The SMILES string of the molecule is COc1cccc(CN2CCc3c(cnc(C)c3CNC(=O)c3ccco3)C2)c1O. The maximum absolute atomic E-state index is 12.2. The molecule has 0 spiro atoms. The van der Waals surface area contributed by atoms with Gasteiger partial charge in [-0.05, 0) is 48.2 Å². The van der Waals surface area contributed by atoms with Gasteiger partial charge in [-0.25, -0.2) is 0 Å². The van der Waals surface area contributed by atoms with Crippen molar-refractivity contribution in [2.75, 3.05) is 13.7 Å². The maximum Gasteiger partial charge on any atom is 0.287 e. The zero-order valence-corrected chi connectivity index (χ0v) is 17.1. The molecule has 3 heterocycles. The van der Waals surface area contributed by atoms with Gasteiger partial charge in [0.1, 0.15) is 0 Å². The molecule has 156 valence electrons. The van der Waals surface area contributed by atoms with Crippen molar-refractivity contribution in [2.24, 2.45) is 0 Å². The van der Waals surface area contributed by atoms with Crippen LogP contribution >= 0.6 is 0 Å². The number of nitrogens with zero attached hydrogens (tertiary/aromatic N) is 2. The summed E-state index contributed by atoms with van der Waals surface area (Å²) in [7, 11) is 1.55. The third kappa shape index (κ3) is 4.02. The molecule has 0 bridgehead atoms. The van der Waals surface area contributed by atoms with Crippen LogP contribution in [0.4, 0.5) is 0 Å². The van der Waals surface area contributed by atoms with Crippen molar-refractivity contribution >= 4 is 5.91 Å². The molecule has 3 aromatic rings. The lowest BCUT2D eigenvalue weighted by molar-refractivity contribution is 0.0923. The molecular formula is C23H25N3O4. The molecule has 1 aliphatic heterocycles. The van der Waals surface area contributed by atoms with Gasteiger partial charge in [0.25, 0.3) is 5.91 Å². The number of para-hydroxylation sites is 1. The Morgan fingerprint density at radius 2 is 2.20 bits per heavy atom. The monoisotopic (exact) mass is 407 g/mol. The van der Waals surface area contributed by atoms with Crippen LogP contribution in [-0.4, -0.2) is 34.6 Å². The molecule has 0 atom stereocenters. The van der Waals surface area contributed by atoms with Crippen LogP contribution in [0.2, 0.25) is 0 Å². The summed E-state index contributed by atoms with van der Waals surface area (Å²) in [6, 6.07) is 8.89. The number of ether oxygens (including phenoxy) is 1. The first-order valence-corrected chi connectivity index (χ1v) is 9.92. The van der Waals surface area contributed by atoms with E-state index in [-0.39, 0.29) is 11.7 Å². The molecule has 1 aromatic carbocycles. The van der Waals surface area contributed by atoms with Gasteiger partial charge in [0.05, 0.1) is 13.4 Å². The summed E-state index contributed by atoms with van der Waals surface area (Å²) in [5.41, 5.74) is 5.22. The number of carbonyl (C=O) groups excluding carboxylic acids is 1. The third-order valence-electron chi connectivity index (χ3n) is 5.54. The van der Waals surface area contributed by atoms with Crippen molar-refractivity contribution in [3.8, 4) is 11.5 Å². The van der Waals surface area contributed by atoms with Gasteiger partial charge in [0.15, 0.2) is 17.3 Å². The number of pyridine rings is 1. The lowest BCUT2D eigenvalue weighted by atomic mass is 9.94. The number of amides is 1. The number of aryl methyl sites for hydroxylation is 1. The van der Waals surface area contributed by atoms with E-state index in [1.165, 1.54) is 11.8 Å². The number of nitrogens with one attached hydrogen (secondary N) is 1. The van der Waals surface area contributed by atoms with Crippen LogP contribution in [0, 0.1) is 6.92 Å². The molecule has 0 saturated carbocycles. The molecule has 4 rings (SSSR count). The Hall–Kier alpha value is -3.32. The van der Waals surface area contributed by atoms with Gasteiger partial charge in [0, 0.05) is 43.6 Å². The van der Waals surface area contributed by atoms with Gasteiger partial charge in [-0.15, -0.1) is 0 Å². The van der Waals surface area contributed by atoms with E-state index in [0.717, 1.165) is 41.9 Å². The number of methoxy groups -OCH3 is 1. The van der Waals surface area contributed by atoms with Crippen LogP contribution in [0.1, 0.15) is 38.5 Å². The fourth-order valence-corrected chi connectivity index (χ4v) is 3.91. The van der Waals surface area contributed by atoms with Crippen molar-refractivity contribution < 1.29 is 19.1 Å². The molecule has 30 heavy (non-hydrogen) atoms. The minimum absolute atomic E-state index is 0.189. The van der Waals surface area contributed by atoms with Crippen LogP contribution in [0.5, 0.6) is 11.5 Å². The van der Waals surface area contributed by atoms with Crippen LogP contribution in [0.25, 0.3) is 0 Å². The Bertz CT molecular complexity index is 1050. The van der Waals surface area contributed by atoms with Crippen molar-refractivity contribution in [1.82, 2.24) is 15.2 Å². The van der Waals surface area contributed by atoms with E-state index in [4.69, 9.17) is 9.15 Å². The Morgan fingerprint density at radius 1 is 1.33 bits per heavy atom. The zero-order chi connectivity index (χ0) is 21.1. The molecule has 2 aromatic heterocycles. The molecule has 0 saturated heterocycles. The summed E-state index contributed by atoms with van der Waals surface area (Å²) in [6.07, 6.45) is 4.26. The first-order valence-electron chi connectivity index (χ1n) is 9.92. The van der Waals surface area contributed by atoms with Crippen molar-refractivity contribution in [2.45, 2.75) is 33.0 Å². The van der Waals surface area contributed by atoms with Gasteiger partial charge in [-0.3, -0.25) is 14.7 Å². The van der Waals surface area contributed by atoms with E-state index in [2.05, 4.69) is 15.2 Å². The van der Waals surface area contributed by atoms with E-state index >= 15 is 0 Å². The van der Waals surface area contributed by atoms with Gasteiger partial charge >= 0.3 is 0 Å². The molecule has 0 aliphatic carbocycles. The van der Waals surface area contributed by atoms with E-state index in [1.54, 1.807) is 25.3 Å². The summed E-state index contributed by atoms with van der Waals surface area (Å²) in [5.74, 6) is 0.739. The highest BCUT2D eigenvalue weighted by Gasteiger charge is 2.22. The van der Waals surface area contributed by atoms with E-state index < -0.39 is 0 Å². The zero-order valence-electron chi connectivity index (χ0n) is 17.1. The van der Waals surface area contributed by atoms with Gasteiger partial charge < -0.3 is 19.6 Å². The molecule has 0 fully saturated rings. The molecule has 0 unspecified atom stereocenters. The number of aromatic hydroxyl groups is 1. The fraction of sp³-hybridized carbons (Fsp3) is 0.304. The first-order chi connectivity index (χ1) is 14.6. The number of benzene rings is 1. The topological polar surface area (TPSA) is 87.8 Å². The number of phenols is 1. The van der Waals surface area contributed by atoms with Crippen LogP contribution < -0.4 is 10.1 Å². The second kappa shape index (κ2) is 8.59. The predicted octanol–water partition coefficient (Wildman–Crippen LogP) is 3.19. The normalized spacial score (nSPS) is 13.7. The van der Waals surface area contributed by atoms with E-state index in [0.29, 0.717) is 24.6 Å². The second-order valence-electron chi connectivity index (χ2n) is 7.41. The quantitative estimate of drug-likeness (QED) is 0.653. The first kappa shape index (κ1) is 20.0. The van der Waals surface area contributed by atoms with Gasteiger partial charge in [0.2, 0.25) is 0 Å². The Kier molecular flexibility index (Phi) is 5.72. The van der Waals surface area contributed by atoms with Crippen LogP contribution in [0.3, 0.4) is 0 Å². The molecule has 1 amide bonds. The average Bonchev–Trinajstić information content (AvgIpc) is 3.29. The number of hydrogen-bond donors (Lipinski definition) is 2. The minimum atomic E-state index is -0.233. The van der Waals surface area contributed by atoms with Crippen LogP contribution in [-0.2, 0) is 26.1 Å². The molecule has 7 heteroatoms. The highest BCUT2D eigenvalue weighted by Crippen LogP contribution is 2.32. The molecule has 0 radical (unpaired) electrons. The minimum Gasteiger partial charge on any atom is -0.504 e. The van der Waals surface area contributed by atoms with E-state index in [9.17, 15) is 9.90 Å². The number of fused-ring (bicyclic) bond motifs is 1. The fourth-order valence-electron chi connectivity index (χ4n) is 3.91. The smallest absolute Gasteiger partial charge is 0.287 e. The summed E-state index contributed by atoms with van der Waals surface area (Å²) in [4.78, 5) is 19.1. The maximum atomic E-state index is 12.2. The summed E-state index contributed by atoms with van der Waals surface area (Å²) >= 11 is 0. The highest BCUT2D eigenvalue weighted by molar-refractivity contribution is 5.91. The van der Waals surface area contributed by atoms with Gasteiger partial charge in [-0.2, -0.15) is 0 Å². The third-order valence-corrected chi connectivity index (χ3v) is 5.54. The molecule has 1 aliphatic rings. The van der Waals surface area contributed by atoms with E-state index in [1.807, 2.05) is 25.3 Å². The lowest BCUT2D eigenvalue weighted by Crippen LogP contribution is -2.32. The average molecular weight is 407 g/mol. The Labute approximate surface area is 175 Å². The summed E-state index contributed by atoms with van der Waals surface area (Å²) in [6.45, 7) is 4.60. The number of furan rings is 1. The largest absolute Gasteiger partial charge is 0.504 e. The Morgan fingerprint density at radius 3 is 2.97 bits per heavy atom. The number of rotatable bonds is 6. The number of carbonyl (C=O) groups is 1. The summed E-state index contributed by atoms with van der Waals surface area (Å²) in [5, 5.41) is 13.3. The van der Waals surface area contributed by atoms with Crippen LogP contribution in [0.15, 0.2) is 47.2 Å². The lowest BCUT2D eigenvalue weighted by Gasteiger charge is -2.30. The highest BCUT2D eigenvalue weighted by atomic mass is 16.5. The standard InChI is InChI=1S/C23H25N3O4/c1-15-19(12-25-23(28)21-7-4-10-30-21)18-8-9-26(14-17(18)11-24-15)13-16-5-3-6-20(29-2)22(16)27/h3-7,10-11,27H,8-9,12-14H2,1-2H3,(H,25,28). The number of aromatic nitrogens is 1. The Balaban J connectivity index is 1.48. The van der Waals surface area contributed by atoms with Crippen molar-refractivity contribution in [3.63, 3.8) is 0 Å². The second-order valence-corrected chi connectivity index (χ2v) is 7.41. The predicted molar refractivity (Wildman–Crippen MR) is 111 cm³/mol. The molecule has 2 N–H and O–H groups in total. The molecular weight excluding hydrogens is 382 g/mol. The van der Waals surface area contributed by atoms with Crippen molar-refractivity contribution in [3.05, 3.63) is 76.5 Å². The summed E-state index contributed by atoms with van der Waals surface area (Å²) < 4.78 is 10.4. The van der Waals surface area contributed by atoms with Crippen molar-refractivity contribution in [1.29, 1.82) is 0 Å².